The molecule has 0 radical (unpaired) electrons. The fourth-order valence-corrected chi connectivity index (χ4v) is 1.43. The van der Waals surface area contributed by atoms with Gasteiger partial charge in [-0.15, -0.1) is 0 Å². The predicted octanol–water partition coefficient (Wildman–Crippen LogP) is 15.5. The molecule has 0 saturated heterocycles. The molecule has 1 aliphatic rings. The third kappa shape index (κ3) is 302. The van der Waals surface area contributed by atoms with Crippen LogP contribution in [0.4, 0.5) is 0 Å². The monoisotopic (exact) mass is 612 g/mol. The lowest BCUT2D eigenvalue weighted by Crippen LogP contribution is -2.08. The van der Waals surface area contributed by atoms with Crippen LogP contribution in [0, 0.1) is 23.2 Å². The molecule has 0 spiro atoms. The van der Waals surface area contributed by atoms with Crippen molar-refractivity contribution in [1.29, 1.82) is 0 Å². The molecule has 1 saturated carbocycles. The van der Waals surface area contributed by atoms with Crippen LogP contribution >= 0.6 is 11.8 Å². The average Bonchev–Trinajstić information content (AvgIpc) is 2.70. The maximum atomic E-state index is 4.54. The molecule has 0 aromatic carbocycles. The van der Waals surface area contributed by atoms with Gasteiger partial charge in [-0.1, -0.05) is 183 Å². The highest BCUT2D eigenvalue weighted by molar-refractivity contribution is 7.98. The van der Waals surface area contributed by atoms with Gasteiger partial charge in [0.15, 0.2) is 0 Å². The zero-order valence-electron chi connectivity index (χ0n) is 25.5. The van der Waals surface area contributed by atoms with Crippen LogP contribution in [-0.4, -0.2) is 39.3 Å². The van der Waals surface area contributed by atoms with Crippen LogP contribution in [0.25, 0.3) is 0 Å². The maximum Gasteiger partial charge on any atom is 0.0433 e. The van der Waals surface area contributed by atoms with E-state index in [2.05, 4.69) is 92.5 Å². The Hall–Kier alpha value is 0.270. The van der Waals surface area contributed by atoms with Gasteiger partial charge in [0.1, 0.15) is 0 Å². The first-order chi connectivity index (χ1) is 14.3. The molecule has 0 aromatic heterocycles. The molecular formula is C37H105NOS. The van der Waals surface area contributed by atoms with Crippen LogP contribution in [0.1, 0.15) is 189 Å². The lowest BCUT2D eigenvalue weighted by molar-refractivity contribution is 0.215. The molecule has 1 rings (SSSR count). The van der Waals surface area contributed by atoms with Gasteiger partial charge in [0, 0.05) is 13.7 Å². The third-order valence-electron chi connectivity index (χ3n) is 3.24. The molecular weight excluding hydrogens is 506 g/mol. The molecule has 0 atom stereocenters. The summed E-state index contributed by atoms with van der Waals surface area (Å²) in [6.45, 7) is 32.0. The molecule has 0 aromatic rings. The van der Waals surface area contributed by atoms with Gasteiger partial charge in [-0.2, -0.15) is 11.8 Å². The van der Waals surface area contributed by atoms with Crippen molar-refractivity contribution in [3.05, 3.63) is 0 Å². The van der Waals surface area contributed by atoms with E-state index in [0.717, 1.165) is 30.9 Å². The fourth-order valence-electron chi connectivity index (χ4n) is 1.43. The number of ether oxygens (including phenoxy) is 1. The molecule has 40 heavy (non-hydrogen) atoms. The Kier molecular flexibility index (Phi) is 219. The molecule has 1 fully saturated rings. The van der Waals surface area contributed by atoms with Gasteiger partial charge in [-0.3, -0.25) is 0 Å². The largest absolute Gasteiger partial charge is 0.385 e. The predicted molar refractivity (Wildman–Crippen MR) is 216 cm³/mol. The minimum Gasteiger partial charge on any atom is -0.385 e. The number of thioether (sulfide) groups is 1. The Balaban J connectivity index is -0.0000000139. The Bertz CT molecular complexity index is 199. The Morgan fingerprint density at radius 2 is 0.825 bits per heavy atom. The molecule has 270 valence electrons. The van der Waals surface area contributed by atoms with E-state index in [9.17, 15) is 0 Å². The van der Waals surface area contributed by atoms with Crippen LogP contribution in [0.3, 0.4) is 0 Å². The van der Waals surface area contributed by atoms with Crippen molar-refractivity contribution in [2.24, 2.45) is 23.2 Å². The van der Waals surface area contributed by atoms with Crippen LogP contribution in [0.5, 0.6) is 0 Å². The Morgan fingerprint density at radius 1 is 0.700 bits per heavy atom. The second kappa shape index (κ2) is 90.1. The summed E-state index contributed by atoms with van der Waals surface area (Å²) in [5.41, 5.74) is 0.500. The lowest BCUT2D eigenvalue weighted by atomic mass is 9.84. The molecule has 2 nitrogen and oxygen atoms in total. The number of rotatable bonds is 3. The zero-order chi connectivity index (χ0) is 26.3. The smallest absolute Gasteiger partial charge is 0.0433 e. The standard InChI is InChI=1S/C8H16.C5H12.C4H10.C3H9N.C3H8O.C3H8S.C2H6.9CH4/c1-7-3-5-8(2)6-4-7;1-5(2,3)4;1-4(2)3;3*1-3-4-2;1-2;;;;;;;;;/h7-8H,3-6H2,1-2H3;1-4H3;4H,1-3H3;4H,3H2,1-2H3;2*3H2,1-2H3;1-2H3;9*1H4. The van der Waals surface area contributed by atoms with E-state index >= 15 is 0 Å². The first-order valence-corrected chi connectivity index (χ1v) is 14.3. The average molecular weight is 612 g/mol. The first-order valence-electron chi connectivity index (χ1n) is 12.9. The highest BCUT2D eigenvalue weighted by Gasteiger charge is 2.13. The molecule has 0 unspecified atom stereocenters. The minimum atomic E-state index is 0. The van der Waals surface area contributed by atoms with E-state index in [-0.39, 0.29) is 66.8 Å². The Labute approximate surface area is 273 Å². The van der Waals surface area contributed by atoms with E-state index in [1.165, 1.54) is 31.4 Å². The SMILES string of the molecule is C.C.C.C.C.C.C.C.C.CC.CC(C)(C)C.CC(C)C.CC1CCC(C)CC1.CCNC.CCOC.CCSC. The van der Waals surface area contributed by atoms with Gasteiger partial charge in [0.2, 0.25) is 0 Å². The normalized spacial score (nSPS) is 12.8. The van der Waals surface area contributed by atoms with Crippen molar-refractivity contribution in [3.8, 4) is 0 Å². The van der Waals surface area contributed by atoms with Crippen molar-refractivity contribution >= 4 is 11.8 Å². The van der Waals surface area contributed by atoms with E-state index in [1.807, 2.05) is 39.6 Å². The van der Waals surface area contributed by atoms with Crippen molar-refractivity contribution in [2.75, 3.05) is 39.3 Å². The van der Waals surface area contributed by atoms with Gasteiger partial charge in [0.05, 0.1) is 0 Å². The van der Waals surface area contributed by atoms with Gasteiger partial charge in [-0.05, 0) is 55.7 Å². The van der Waals surface area contributed by atoms with Crippen molar-refractivity contribution < 1.29 is 4.74 Å². The van der Waals surface area contributed by atoms with Crippen molar-refractivity contribution in [3.63, 3.8) is 0 Å². The summed E-state index contributed by atoms with van der Waals surface area (Å²) in [5, 5.41) is 2.93. The van der Waals surface area contributed by atoms with E-state index < -0.39 is 0 Å². The summed E-state index contributed by atoms with van der Waals surface area (Å²) in [7, 11) is 3.61. The molecule has 0 bridgehead atoms. The van der Waals surface area contributed by atoms with Crippen LogP contribution in [0.2, 0.25) is 0 Å². The van der Waals surface area contributed by atoms with Gasteiger partial charge >= 0.3 is 0 Å². The second-order valence-electron chi connectivity index (χ2n) is 9.96. The van der Waals surface area contributed by atoms with Crippen LogP contribution < -0.4 is 5.32 Å². The third-order valence-corrected chi connectivity index (χ3v) is 3.81. The first kappa shape index (κ1) is 97.3. The number of methoxy groups -OCH3 is 1. The topological polar surface area (TPSA) is 21.3 Å². The number of nitrogens with one attached hydrogen (secondary N) is 1. The van der Waals surface area contributed by atoms with Gasteiger partial charge in [-0.25, -0.2) is 0 Å². The summed E-state index contributed by atoms with van der Waals surface area (Å²) >= 11 is 1.86. The Morgan fingerprint density at radius 3 is 0.875 bits per heavy atom. The molecule has 1 N–H and O–H groups in total. The molecule has 0 aliphatic heterocycles. The molecule has 0 heterocycles. The molecule has 1 aliphatic carbocycles. The van der Waals surface area contributed by atoms with Crippen LogP contribution in [-0.2, 0) is 4.74 Å². The lowest BCUT2D eigenvalue weighted by Gasteiger charge is -2.22. The van der Waals surface area contributed by atoms with Crippen LogP contribution in [0.15, 0.2) is 0 Å². The summed E-state index contributed by atoms with van der Waals surface area (Å²) in [5.74, 6) is 4.11. The fraction of sp³-hybridized carbons (Fsp3) is 1.00. The summed E-state index contributed by atoms with van der Waals surface area (Å²) in [6.07, 6.45) is 7.99. The highest BCUT2D eigenvalue weighted by atomic mass is 32.2. The summed E-state index contributed by atoms with van der Waals surface area (Å²) in [6, 6.07) is 0. The summed E-state index contributed by atoms with van der Waals surface area (Å²) < 4.78 is 4.54. The minimum absolute atomic E-state index is 0. The van der Waals surface area contributed by atoms with Crippen molar-refractivity contribution in [1.82, 2.24) is 5.32 Å². The van der Waals surface area contributed by atoms with Gasteiger partial charge < -0.3 is 10.1 Å². The zero-order valence-corrected chi connectivity index (χ0v) is 26.3. The highest BCUT2D eigenvalue weighted by Crippen LogP contribution is 2.27. The van der Waals surface area contributed by atoms with Gasteiger partial charge in [0.25, 0.3) is 0 Å². The summed E-state index contributed by atoms with van der Waals surface area (Å²) in [4.78, 5) is 0. The van der Waals surface area contributed by atoms with E-state index in [1.54, 1.807) is 7.11 Å². The maximum absolute atomic E-state index is 4.54. The number of hydrogen-bond donors (Lipinski definition) is 1. The molecule has 3 heteroatoms. The quantitative estimate of drug-likeness (QED) is 0.343. The second-order valence-corrected chi connectivity index (χ2v) is 11.1. The number of hydrogen-bond acceptors (Lipinski definition) is 3. The van der Waals surface area contributed by atoms with Crippen molar-refractivity contribution in [2.45, 2.75) is 189 Å². The van der Waals surface area contributed by atoms with E-state index in [4.69, 9.17) is 0 Å². The van der Waals surface area contributed by atoms with E-state index in [0.29, 0.717) is 5.41 Å². The molecule has 0 amide bonds.